The zero-order valence-corrected chi connectivity index (χ0v) is 20.9. The summed E-state index contributed by atoms with van der Waals surface area (Å²) in [6.07, 6.45) is 0.950. The summed E-state index contributed by atoms with van der Waals surface area (Å²) < 4.78 is 6.99. The van der Waals surface area contributed by atoms with E-state index in [4.69, 9.17) is 4.74 Å². The lowest BCUT2D eigenvalue weighted by Crippen LogP contribution is -2.57. The quantitative estimate of drug-likeness (QED) is 0.290. The van der Waals surface area contributed by atoms with Crippen LogP contribution in [0.3, 0.4) is 0 Å². The van der Waals surface area contributed by atoms with Gasteiger partial charge in [-0.15, -0.1) is 0 Å². The Hall–Kier alpha value is -3.77. The summed E-state index contributed by atoms with van der Waals surface area (Å²) in [5, 5.41) is 2.91. The molecule has 188 valence electrons. The molecule has 4 fully saturated rings. The van der Waals surface area contributed by atoms with Crippen molar-refractivity contribution in [1.29, 1.82) is 0 Å². The SMILES string of the molecule is Cc1ccc(C(=O)NC(C(=O)OC23C[N+]4(CC(=O)c5ccccc5)CCC2C3C4)c2ccccc2)cc1. The molecule has 1 amide bonds. The van der Waals surface area contributed by atoms with Crippen molar-refractivity contribution in [2.75, 3.05) is 26.2 Å². The number of fused-ring (bicyclic) bond motifs is 1. The van der Waals surface area contributed by atoms with Crippen LogP contribution in [-0.2, 0) is 9.53 Å². The maximum Gasteiger partial charge on any atom is 0.334 e. The van der Waals surface area contributed by atoms with Crippen molar-refractivity contribution in [3.63, 3.8) is 0 Å². The first-order valence-electron chi connectivity index (χ1n) is 13.0. The third kappa shape index (κ3) is 4.25. The van der Waals surface area contributed by atoms with E-state index >= 15 is 0 Å². The van der Waals surface area contributed by atoms with Gasteiger partial charge >= 0.3 is 5.97 Å². The van der Waals surface area contributed by atoms with E-state index in [1.54, 1.807) is 12.1 Å². The summed E-state index contributed by atoms with van der Waals surface area (Å²) in [5.41, 5.74) is 2.44. The second kappa shape index (κ2) is 8.96. The Morgan fingerprint density at radius 1 is 0.919 bits per heavy atom. The molecule has 4 aliphatic rings. The fraction of sp³-hybridized carbons (Fsp3) is 0.323. The van der Waals surface area contributed by atoms with Crippen LogP contribution in [0.15, 0.2) is 84.9 Å². The van der Waals surface area contributed by atoms with Crippen LogP contribution in [0.4, 0.5) is 0 Å². The predicted octanol–water partition coefficient (Wildman–Crippen LogP) is 4.11. The van der Waals surface area contributed by atoms with Gasteiger partial charge in [-0.3, -0.25) is 9.59 Å². The normalized spacial score (nSPS) is 27.7. The van der Waals surface area contributed by atoms with Gasteiger partial charge in [-0.1, -0.05) is 78.4 Å². The van der Waals surface area contributed by atoms with Crippen molar-refractivity contribution in [2.24, 2.45) is 11.8 Å². The first-order valence-corrected chi connectivity index (χ1v) is 13.0. The van der Waals surface area contributed by atoms with Gasteiger partial charge in [0.15, 0.2) is 11.6 Å². The van der Waals surface area contributed by atoms with Gasteiger partial charge in [-0.05, 0) is 24.6 Å². The molecule has 0 radical (unpaired) electrons. The molecule has 6 nitrogen and oxygen atoms in total. The number of Topliss-reactive ketones (excluding diaryl/α,β-unsaturated/α-hetero) is 1. The monoisotopic (exact) mass is 495 g/mol. The number of quaternary nitrogens is 1. The Morgan fingerprint density at radius 2 is 1.59 bits per heavy atom. The number of aryl methyl sites for hydroxylation is 1. The van der Waals surface area contributed by atoms with E-state index in [1.807, 2.05) is 79.7 Å². The van der Waals surface area contributed by atoms with Gasteiger partial charge in [0.2, 0.25) is 5.78 Å². The van der Waals surface area contributed by atoms with Crippen molar-refractivity contribution in [2.45, 2.75) is 25.0 Å². The molecule has 6 heteroatoms. The van der Waals surface area contributed by atoms with Crippen molar-refractivity contribution in [3.05, 3.63) is 107 Å². The van der Waals surface area contributed by atoms with E-state index < -0.39 is 17.6 Å². The minimum atomic E-state index is -0.904. The Labute approximate surface area is 216 Å². The van der Waals surface area contributed by atoms with Gasteiger partial charge < -0.3 is 14.5 Å². The summed E-state index contributed by atoms with van der Waals surface area (Å²) in [7, 11) is 0. The lowest BCUT2D eigenvalue weighted by atomic mass is 10.0. The van der Waals surface area contributed by atoms with E-state index in [1.165, 1.54) is 0 Å². The van der Waals surface area contributed by atoms with Crippen LogP contribution >= 0.6 is 0 Å². The fourth-order valence-corrected chi connectivity index (χ4v) is 6.62. The number of ketones is 1. The van der Waals surface area contributed by atoms with Gasteiger partial charge in [0.05, 0.1) is 19.0 Å². The van der Waals surface area contributed by atoms with E-state index in [0.29, 0.717) is 34.6 Å². The van der Waals surface area contributed by atoms with Gasteiger partial charge in [0.25, 0.3) is 5.91 Å². The minimum absolute atomic E-state index is 0.134. The number of nitrogens with zero attached hydrogens (tertiary/aromatic N) is 1. The number of piperidine rings is 3. The molecule has 5 unspecified atom stereocenters. The molecule has 1 N–H and O–H groups in total. The number of carbonyl (C=O) groups excluding carboxylic acids is 3. The first kappa shape index (κ1) is 23.6. The molecule has 0 spiro atoms. The average Bonchev–Trinajstić information content (AvgIpc) is 3.41. The summed E-state index contributed by atoms with van der Waals surface area (Å²) in [5.74, 6) is -0.000373. The third-order valence-electron chi connectivity index (χ3n) is 8.54. The highest BCUT2D eigenvalue weighted by molar-refractivity contribution is 5.97. The number of benzene rings is 3. The number of esters is 1. The zero-order valence-electron chi connectivity index (χ0n) is 20.9. The van der Waals surface area contributed by atoms with Crippen molar-refractivity contribution in [1.82, 2.24) is 5.32 Å². The number of hydrogen-bond acceptors (Lipinski definition) is 4. The molecule has 7 rings (SSSR count). The lowest BCUT2D eigenvalue weighted by Gasteiger charge is -2.41. The van der Waals surface area contributed by atoms with Gasteiger partial charge in [-0.25, -0.2) is 4.79 Å². The molecule has 3 aliphatic heterocycles. The van der Waals surface area contributed by atoms with Crippen molar-refractivity contribution < 1.29 is 23.6 Å². The van der Waals surface area contributed by atoms with Crippen LogP contribution in [0.1, 0.15) is 44.3 Å². The van der Waals surface area contributed by atoms with Crippen LogP contribution in [0.25, 0.3) is 0 Å². The van der Waals surface area contributed by atoms with Crippen LogP contribution < -0.4 is 5.32 Å². The molecule has 3 saturated heterocycles. The molecular weight excluding hydrogens is 464 g/mol. The molecule has 4 bridgehead atoms. The maximum atomic E-state index is 13.7. The predicted molar refractivity (Wildman–Crippen MR) is 139 cm³/mol. The molecule has 37 heavy (non-hydrogen) atoms. The van der Waals surface area contributed by atoms with Crippen LogP contribution in [0.2, 0.25) is 0 Å². The largest absolute Gasteiger partial charge is 0.450 e. The summed E-state index contributed by atoms with van der Waals surface area (Å²) in [6.45, 7) is 4.86. The Balaban J connectivity index is 1.20. The van der Waals surface area contributed by atoms with E-state index in [0.717, 1.165) is 30.6 Å². The third-order valence-corrected chi connectivity index (χ3v) is 8.54. The highest BCUT2D eigenvalue weighted by Gasteiger charge is 2.81. The smallest absolute Gasteiger partial charge is 0.334 e. The number of ether oxygens (including phenoxy) is 1. The molecule has 0 aromatic heterocycles. The minimum Gasteiger partial charge on any atom is -0.450 e. The topological polar surface area (TPSA) is 72.5 Å². The molecule has 1 saturated carbocycles. The van der Waals surface area contributed by atoms with E-state index in [2.05, 4.69) is 5.32 Å². The number of carbonyl (C=O) groups is 3. The first-order chi connectivity index (χ1) is 17.9. The standard InChI is InChI=1S/C31H30N2O4/c1-21-12-14-24(15-13-21)29(35)32-28(23-10-6-3-7-11-23)30(36)37-31-20-33(17-16-25(31)26(31)18-33)19-27(34)22-8-4-2-5-9-22/h2-15,25-26,28H,16-20H2,1H3/p+1. The molecule has 3 aromatic carbocycles. The number of hydrogen-bond donors (Lipinski definition) is 1. The summed E-state index contributed by atoms with van der Waals surface area (Å²) in [6, 6.07) is 25.0. The Morgan fingerprint density at radius 3 is 2.30 bits per heavy atom. The molecule has 3 heterocycles. The van der Waals surface area contributed by atoms with Gasteiger partial charge in [0, 0.05) is 23.5 Å². The van der Waals surface area contributed by atoms with Gasteiger partial charge in [0.1, 0.15) is 13.1 Å². The molecular formula is C31H31N2O4+. The van der Waals surface area contributed by atoms with Gasteiger partial charge in [-0.2, -0.15) is 0 Å². The van der Waals surface area contributed by atoms with Crippen LogP contribution in [-0.4, -0.2) is 53.9 Å². The average molecular weight is 496 g/mol. The van der Waals surface area contributed by atoms with Crippen LogP contribution in [0, 0.1) is 18.8 Å². The summed E-state index contributed by atoms with van der Waals surface area (Å²) >= 11 is 0. The Kier molecular flexibility index (Phi) is 5.72. The number of amides is 1. The molecule has 3 aromatic rings. The maximum absolute atomic E-state index is 13.7. The van der Waals surface area contributed by atoms with Crippen molar-refractivity contribution in [3.8, 4) is 0 Å². The molecule has 1 aliphatic carbocycles. The highest BCUT2D eigenvalue weighted by atomic mass is 16.6. The second-order valence-electron chi connectivity index (χ2n) is 10.9. The number of rotatable bonds is 8. The zero-order chi connectivity index (χ0) is 25.6. The second-order valence-corrected chi connectivity index (χ2v) is 10.9. The summed E-state index contributed by atoms with van der Waals surface area (Å²) in [4.78, 5) is 39.7. The van der Waals surface area contributed by atoms with Crippen LogP contribution in [0.5, 0.6) is 0 Å². The van der Waals surface area contributed by atoms with E-state index in [9.17, 15) is 14.4 Å². The molecule has 5 atom stereocenters. The highest BCUT2D eigenvalue weighted by Crippen LogP contribution is 2.65. The number of nitrogens with one attached hydrogen (secondary N) is 1. The van der Waals surface area contributed by atoms with Crippen molar-refractivity contribution >= 4 is 17.7 Å². The Bertz CT molecular complexity index is 1340. The fourth-order valence-electron chi connectivity index (χ4n) is 6.62. The lowest BCUT2D eigenvalue weighted by molar-refractivity contribution is -0.922. The van der Waals surface area contributed by atoms with E-state index in [-0.39, 0.29) is 17.6 Å².